The average Bonchev–Trinajstić information content (AvgIpc) is 3.38. The van der Waals surface area contributed by atoms with Gasteiger partial charge < -0.3 is 9.73 Å². The third-order valence-electron chi connectivity index (χ3n) is 5.10. The molecule has 8 heteroatoms. The van der Waals surface area contributed by atoms with Gasteiger partial charge in [-0.05, 0) is 50.1 Å². The zero-order chi connectivity index (χ0) is 20.6. The van der Waals surface area contributed by atoms with Crippen LogP contribution in [0.15, 0.2) is 57.8 Å². The summed E-state index contributed by atoms with van der Waals surface area (Å²) >= 11 is 6.16. The second-order valence-electron chi connectivity index (χ2n) is 7.14. The molecule has 0 spiro atoms. The van der Waals surface area contributed by atoms with E-state index in [1.54, 1.807) is 0 Å². The van der Waals surface area contributed by atoms with Crippen LogP contribution in [0.4, 0.5) is 0 Å². The quantitative estimate of drug-likeness (QED) is 0.649. The summed E-state index contributed by atoms with van der Waals surface area (Å²) in [5, 5.41) is 3.92. The second kappa shape index (κ2) is 7.82. The Morgan fingerprint density at radius 2 is 1.86 bits per heavy atom. The number of rotatable bonds is 5. The van der Waals surface area contributed by atoms with E-state index >= 15 is 0 Å². The molecule has 1 saturated heterocycles. The number of hydrogen-bond acceptors (Lipinski definition) is 4. The molecule has 1 fully saturated rings. The lowest BCUT2D eigenvalue weighted by atomic mass is 10.1. The lowest BCUT2D eigenvalue weighted by Gasteiger charge is -2.17. The number of carbonyl (C=O) groups is 1. The number of halogens is 1. The van der Waals surface area contributed by atoms with E-state index in [2.05, 4.69) is 5.32 Å². The molecule has 3 aromatic rings. The van der Waals surface area contributed by atoms with Gasteiger partial charge in [0.15, 0.2) is 0 Å². The van der Waals surface area contributed by atoms with Gasteiger partial charge in [-0.15, -0.1) is 0 Å². The first-order valence-electron chi connectivity index (χ1n) is 9.45. The highest BCUT2D eigenvalue weighted by atomic mass is 35.5. The van der Waals surface area contributed by atoms with Gasteiger partial charge in [-0.2, -0.15) is 4.31 Å². The summed E-state index contributed by atoms with van der Waals surface area (Å²) in [5.74, 6) is 0.228. The van der Waals surface area contributed by atoms with Gasteiger partial charge in [0.05, 0.1) is 11.1 Å². The number of furan rings is 1. The van der Waals surface area contributed by atoms with Crippen molar-refractivity contribution < 1.29 is 17.6 Å². The molecule has 1 aliphatic heterocycles. The lowest BCUT2D eigenvalue weighted by Crippen LogP contribution is -2.29. The summed E-state index contributed by atoms with van der Waals surface area (Å²) in [6.07, 6.45) is 1.65. The number of para-hydroxylation sites is 1. The van der Waals surface area contributed by atoms with E-state index in [0.717, 1.165) is 23.8 Å². The Bertz CT molecular complexity index is 1130. The van der Waals surface area contributed by atoms with Gasteiger partial charge in [0, 0.05) is 24.0 Å². The predicted octanol–water partition coefficient (Wildman–Crippen LogP) is 4.36. The van der Waals surface area contributed by atoms with E-state index in [9.17, 15) is 13.2 Å². The minimum Gasteiger partial charge on any atom is -0.459 e. The Morgan fingerprint density at radius 1 is 1.14 bits per heavy atom. The van der Waals surface area contributed by atoms with Crippen LogP contribution in [0.2, 0.25) is 5.02 Å². The van der Waals surface area contributed by atoms with E-state index in [-0.39, 0.29) is 21.5 Å². The predicted molar refractivity (Wildman–Crippen MR) is 112 cm³/mol. The van der Waals surface area contributed by atoms with E-state index < -0.39 is 15.9 Å². The monoisotopic (exact) mass is 432 g/mol. The molecule has 1 aliphatic rings. The van der Waals surface area contributed by atoms with Crippen LogP contribution in [0.1, 0.15) is 41.9 Å². The van der Waals surface area contributed by atoms with E-state index in [1.807, 2.05) is 37.3 Å². The fraction of sp³-hybridized carbons (Fsp3) is 0.286. The zero-order valence-electron chi connectivity index (χ0n) is 15.9. The largest absolute Gasteiger partial charge is 0.459 e. The molecule has 1 aromatic heterocycles. The van der Waals surface area contributed by atoms with Crippen LogP contribution >= 0.6 is 11.6 Å². The molecule has 2 aromatic carbocycles. The molecule has 0 bridgehead atoms. The van der Waals surface area contributed by atoms with Crippen LogP contribution < -0.4 is 5.32 Å². The maximum absolute atomic E-state index is 12.9. The SMILES string of the molecule is CC(NC(=O)c1ccc(Cl)c(S(=O)(=O)N2CCCC2)c1)c1cc2ccccc2o1. The van der Waals surface area contributed by atoms with E-state index in [0.29, 0.717) is 18.8 Å². The first-order valence-corrected chi connectivity index (χ1v) is 11.3. The molecule has 0 aliphatic carbocycles. The molecule has 4 rings (SSSR count). The summed E-state index contributed by atoms with van der Waals surface area (Å²) in [5.41, 5.74) is 0.976. The van der Waals surface area contributed by atoms with Gasteiger partial charge in [0.2, 0.25) is 10.0 Å². The van der Waals surface area contributed by atoms with Crippen molar-refractivity contribution in [3.8, 4) is 0 Å². The second-order valence-corrected chi connectivity index (χ2v) is 9.45. The molecule has 152 valence electrons. The highest BCUT2D eigenvalue weighted by Gasteiger charge is 2.30. The average molecular weight is 433 g/mol. The van der Waals surface area contributed by atoms with Crippen LogP contribution in [-0.4, -0.2) is 31.7 Å². The molecule has 29 heavy (non-hydrogen) atoms. The maximum Gasteiger partial charge on any atom is 0.251 e. The first kappa shape index (κ1) is 19.9. The van der Waals surface area contributed by atoms with Crippen molar-refractivity contribution in [1.29, 1.82) is 0 Å². The number of benzene rings is 2. The van der Waals surface area contributed by atoms with Gasteiger partial charge in [0.1, 0.15) is 16.2 Å². The molecule has 1 N–H and O–H groups in total. The normalized spacial score (nSPS) is 16.2. The first-order chi connectivity index (χ1) is 13.9. The summed E-state index contributed by atoms with van der Waals surface area (Å²) in [7, 11) is -3.72. The zero-order valence-corrected chi connectivity index (χ0v) is 17.5. The maximum atomic E-state index is 12.9. The highest BCUT2D eigenvalue weighted by Crippen LogP contribution is 2.29. The topological polar surface area (TPSA) is 79.6 Å². The van der Waals surface area contributed by atoms with Gasteiger partial charge >= 0.3 is 0 Å². The fourth-order valence-corrected chi connectivity index (χ4v) is 5.49. The van der Waals surface area contributed by atoms with Crippen LogP contribution in [-0.2, 0) is 10.0 Å². The van der Waals surface area contributed by atoms with Crippen molar-refractivity contribution in [1.82, 2.24) is 9.62 Å². The van der Waals surface area contributed by atoms with Gasteiger partial charge in [-0.25, -0.2) is 8.42 Å². The minimum atomic E-state index is -3.72. The van der Waals surface area contributed by atoms with Crippen LogP contribution in [0.3, 0.4) is 0 Å². The number of amides is 1. The minimum absolute atomic E-state index is 0.0369. The van der Waals surface area contributed by atoms with Crippen molar-refractivity contribution in [2.45, 2.75) is 30.7 Å². The summed E-state index contributed by atoms with van der Waals surface area (Å²) < 4.78 is 32.9. The summed E-state index contributed by atoms with van der Waals surface area (Å²) in [6, 6.07) is 13.4. The smallest absolute Gasteiger partial charge is 0.251 e. The Morgan fingerprint density at radius 3 is 2.59 bits per heavy atom. The van der Waals surface area contributed by atoms with Crippen LogP contribution in [0.25, 0.3) is 11.0 Å². The van der Waals surface area contributed by atoms with E-state index in [4.69, 9.17) is 16.0 Å². The van der Waals surface area contributed by atoms with Crippen LogP contribution in [0.5, 0.6) is 0 Å². The van der Waals surface area contributed by atoms with Crippen molar-refractivity contribution in [2.75, 3.05) is 13.1 Å². The molecular weight excluding hydrogens is 412 g/mol. The fourth-order valence-electron chi connectivity index (χ4n) is 3.48. The molecule has 0 saturated carbocycles. The van der Waals surface area contributed by atoms with Crippen molar-refractivity contribution >= 4 is 38.5 Å². The van der Waals surface area contributed by atoms with E-state index in [1.165, 1.54) is 22.5 Å². The summed E-state index contributed by atoms with van der Waals surface area (Å²) in [4.78, 5) is 12.7. The standard InChI is InChI=1S/C21H21ClN2O4S/c1-14(19-12-15-6-2-3-7-18(15)28-19)23-21(25)16-8-9-17(22)20(13-16)29(26,27)24-10-4-5-11-24/h2-3,6-9,12-14H,4-5,10-11H2,1H3,(H,23,25). The van der Waals surface area contributed by atoms with Crippen LogP contribution in [0, 0.1) is 0 Å². The van der Waals surface area contributed by atoms with Gasteiger partial charge in [0.25, 0.3) is 5.91 Å². The van der Waals surface area contributed by atoms with Crippen molar-refractivity contribution in [3.63, 3.8) is 0 Å². The van der Waals surface area contributed by atoms with Crippen molar-refractivity contribution in [2.24, 2.45) is 0 Å². The van der Waals surface area contributed by atoms with Crippen molar-refractivity contribution in [3.05, 3.63) is 64.9 Å². The molecule has 1 amide bonds. The third-order valence-corrected chi connectivity index (χ3v) is 7.48. The Labute approximate surface area is 174 Å². The Balaban J connectivity index is 1.57. The Kier molecular flexibility index (Phi) is 5.38. The molecule has 1 unspecified atom stereocenters. The number of nitrogens with one attached hydrogen (secondary N) is 1. The number of nitrogens with zero attached hydrogens (tertiary/aromatic N) is 1. The molecule has 6 nitrogen and oxygen atoms in total. The number of hydrogen-bond donors (Lipinski definition) is 1. The lowest BCUT2D eigenvalue weighted by molar-refractivity contribution is 0.0935. The molecule has 2 heterocycles. The third kappa shape index (κ3) is 3.90. The molecule has 0 radical (unpaired) electrons. The number of carbonyl (C=O) groups excluding carboxylic acids is 1. The highest BCUT2D eigenvalue weighted by molar-refractivity contribution is 7.89. The number of fused-ring (bicyclic) bond motifs is 1. The van der Waals surface area contributed by atoms with Gasteiger partial charge in [-0.1, -0.05) is 29.8 Å². The Hall–Kier alpha value is -2.35. The van der Waals surface area contributed by atoms with Gasteiger partial charge in [-0.3, -0.25) is 4.79 Å². The molecule has 1 atom stereocenters. The molecular formula is C21H21ClN2O4S. The summed E-state index contributed by atoms with van der Waals surface area (Å²) in [6.45, 7) is 2.75. The number of sulfonamides is 1.